The lowest BCUT2D eigenvalue weighted by atomic mass is 10.0. The molecule has 0 spiro atoms. The van der Waals surface area contributed by atoms with Crippen LogP contribution in [0.5, 0.6) is 0 Å². The molecule has 1 aromatic heterocycles. The molecule has 0 aliphatic rings. The van der Waals surface area contributed by atoms with Crippen LogP contribution in [0.1, 0.15) is 122 Å². The quantitative estimate of drug-likeness (QED) is 0.155. The number of aliphatic carboxylic acids is 1. The molecular weight excluding hydrogens is 444 g/mol. The molecule has 0 bridgehead atoms. The normalized spacial score (nSPS) is 11.8. The Hall–Kier alpha value is -2.38. The number of hydrogen-bond donors (Lipinski definition) is 4. The number of carboxylic acids is 1. The van der Waals surface area contributed by atoms with Crippen molar-refractivity contribution in [2.24, 2.45) is 0 Å². The smallest absolute Gasteiger partial charge is 0.326 e. The predicted octanol–water partition coefficient (Wildman–Crippen LogP) is 5.29. The van der Waals surface area contributed by atoms with Crippen molar-refractivity contribution in [1.82, 2.24) is 20.6 Å². The number of rotatable bonds is 23. The van der Waals surface area contributed by atoms with Gasteiger partial charge in [0.15, 0.2) is 0 Å². The monoisotopic (exact) mass is 492 g/mol. The van der Waals surface area contributed by atoms with Crippen molar-refractivity contribution in [3.63, 3.8) is 0 Å². The van der Waals surface area contributed by atoms with E-state index in [9.17, 15) is 19.5 Å². The number of nitrogens with zero attached hydrogens (tertiary/aromatic N) is 1. The first kappa shape index (κ1) is 30.7. The molecule has 0 radical (unpaired) electrons. The highest BCUT2D eigenvalue weighted by Crippen LogP contribution is 2.14. The van der Waals surface area contributed by atoms with Crippen LogP contribution in [-0.2, 0) is 20.8 Å². The minimum atomic E-state index is -1.13. The van der Waals surface area contributed by atoms with E-state index in [0.717, 1.165) is 19.3 Å². The first-order chi connectivity index (χ1) is 17.0. The highest BCUT2D eigenvalue weighted by atomic mass is 16.4. The molecule has 8 heteroatoms. The summed E-state index contributed by atoms with van der Waals surface area (Å²) in [5, 5.41) is 14.3. The molecular formula is C27H48N4O4. The van der Waals surface area contributed by atoms with Gasteiger partial charge in [-0.15, -0.1) is 0 Å². The van der Waals surface area contributed by atoms with Crippen molar-refractivity contribution in [3.8, 4) is 0 Å². The molecule has 4 N–H and O–H groups in total. The van der Waals surface area contributed by atoms with E-state index < -0.39 is 17.9 Å². The first-order valence-corrected chi connectivity index (χ1v) is 13.8. The van der Waals surface area contributed by atoms with Gasteiger partial charge < -0.3 is 20.7 Å². The summed E-state index contributed by atoms with van der Waals surface area (Å²) in [5.74, 6) is -1.82. The molecule has 0 unspecified atom stereocenters. The van der Waals surface area contributed by atoms with Crippen molar-refractivity contribution in [2.75, 3.05) is 6.54 Å². The number of imidazole rings is 1. The van der Waals surface area contributed by atoms with Crippen LogP contribution in [-0.4, -0.2) is 45.4 Å². The number of aromatic nitrogens is 2. The van der Waals surface area contributed by atoms with Gasteiger partial charge in [-0.05, 0) is 6.42 Å². The maximum Gasteiger partial charge on any atom is 0.326 e. The number of hydrogen-bond acceptors (Lipinski definition) is 4. The Morgan fingerprint density at radius 1 is 0.829 bits per heavy atom. The predicted molar refractivity (Wildman–Crippen MR) is 139 cm³/mol. The molecule has 8 nitrogen and oxygen atoms in total. The number of nitrogens with one attached hydrogen (secondary N) is 3. The second-order valence-corrected chi connectivity index (χ2v) is 9.57. The number of unbranched alkanes of at least 4 members (excludes halogenated alkanes) is 15. The summed E-state index contributed by atoms with van der Waals surface area (Å²) < 4.78 is 0. The van der Waals surface area contributed by atoms with Crippen molar-refractivity contribution < 1.29 is 19.5 Å². The largest absolute Gasteiger partial charge is 0.480 e. The van der Waals surface area contributed by atoms with Crippen LogP contribution in [0.25, 0.3) is 0 Å². The van der Waals surface area contributed by atoms with Crippen LogP contribution in [0.3, 0.4) is 0 Å². The number of carbonyl (C=O) groups excluding carboxylic acids is 2. The third kappa shape index (κ3) is 17.7. The minimum absolute atomic E-state index is 0.105. The van der Waals surface area contributed by atoms with E-state index in [2.05, 4.69) is 27.5 Å². The van der Waals surface area contributed by atoms with E-state index >= 15 is 0 Å². The lowest BCUT2D eigenvalue weighted by molar-refractivity contribution is -0.141. The Labute approximate surface area is 211 Å². The van der Waals surface area contributed by atoms with Crippen LogP contribution in [0.2, 0.25) is 0 Å². The zero-order valence-corrected chi connectivity index (χ0v) is 21.8. The maximum atomic E-state index is 12.0. The Morgan fingerprint density at radius 2 is 1.34 bits per heavy atom. The molecule has 0 aromatic carbocycles. The average Bonchev–Trinajstić information content (AvgIpc) is 3.35. The molecule has 2 amide bonds. The fourth-order valence-electron chi connectivity index (χ4n) is 4.16. The van der Waals surface area contributed by atoms with E-state index in [-0.39, 0.29) is 18.9 Å². The van der Waals surface area contributed by atoms with Gasteiger partial charge in [0.2, 0.25) is 11.8 Å². The fraction of sp³-hybridized carbons (Fsp3) is 0.778. The zero-order valence-electron chi connectivity index (χ0n) is 21.8. The highest BCUT2D eigenvalue weighted by molar-refractivity contribution is 5.87. The summed E-state index contributed by atoms with van der Waals surface area (Å²) in [7, 11) is 0. The number of amides is 2. The average molecular weight is 493 g/mol. The van der Waals surface area contributed by atoms with Gasteiger partial charge in [0.1, 0.15) is 6.04 Å². The van der Waals surface area contributed by atoms with Crippen molar-refractivity contribution >= 4 is 17.8 Å². The van der Waals surface area contributed by atoms with Gasteiger partial charge in [-0.25, -0.2) is 9.78 Å². The Bertz CT molecular complexity index is 679. The van der Waals surface area contributed by atoms with Crippen LogP contribution in [0, 0.1) is 0 Å². The number of aromatic amines is 1. The van der Waals surface area contributed by atoms with Gasteiger partial charge in [-0.1, -0.05) is 103 Å². The molecule has 1 rings (SSSR count). The molecule has 0 aliphatic heterocycles. The lowest BCUT2D eigenvalue weighted by Crippen LogP contribution is -2.46. The molecule has 0 aliphatic carbocycles. The third-order valence-corrected chi connectivity index (χ3v) is 6.32. The SMILES string of the molecule is CCCCCCCCCCCCCCCCCCC(=O)NCC(=O)N[C@@H](Cc1cnc[nH]1)C(=O)O. The summed E-state index contributed by atoms with van der Waals surface area (Å²) in [6.45, 7) is 2.04. The van der Waals surface area contributed by atoms with E-state index in [1.54, 1.807) is 0 Å². The van der Waals surface area contributed by atoms with Gasteiger partial charge in [0.05, 0.1) is 12.9 Å². The second-order valence-electron chi connectivity index (χ2n) is 9.57. The molecule has 35 heavy (non-hydrogen) atoms. The van der Waals surface area contributed by atoms with Crippen LogP contribution >= 0.6 is 0 Å². The van der Waals surface area contributed by atoms with Crippen molar-refractivity contribution in [1.29, 1.82) is 0 Å². The summed E-state index contributed by atoms with van der Waals surface area (Å²) in [6.07, 6.45) is 24.0. The van der Waals surface area contributed by atoms with E-state index in [1.165, 1.54) is 96.0 Å². The van der Waals surface area contributed by atoms with E-state index in [0.29, 0.717) is 12.1 Å². The van der Waals surface area contributed by atoms with Crippen LogP contribution in [0.15, 0.2) is 12.5 Å². The standard InChI is InChI=1S/C27H48N4O4/c1-2-3-4-5-6-7-8-9-10-11-12-13-14-15-16-17-18-25(32)29-21-26(33)31-24(27(34)35)19-23-20-28-22-30-23/h20,22,24H,2-19,21H2,1H3,(H,28,30)(H,29,32)(H,31,33)(H,34,35)/t24-/m0/s1. The molecule has 0 saturated carbocycles. The second kappa shape index (κ2) is 20.9. The molecule has 0 saturated heterocycles. The van der Waals surface area contributed by atoms with Gasteiger partial charge in [-0.2, -0.15) is 0 Å². The number of H-pyrrole nitrogens is 1. The van der Waals surface area contributed by atoms with E-state index in [4.69, 9.17) is 0 Å². The molecule has 200 valence electrons. The van der Waals surface area contributed by atoms with Gasteiger partial charge in [-0.3, -0.25) is 9.59 Å². The third-order valence-electron chi connectivity index (χ3n) is 6.32. The summed E-state index contributed by atoms with van der Waals surface area (Å²) in [4.78, 5) is 41.9. The first-order valence-electron chi connectivity index (χ1n) is 13.8. The highest BCUT2D eigenvalue weighted by Gasteiger charge is 2.21. The minimum Gasteiger partial charge on any atom is -0.480 e. The van der Waals surface area contributed by atoms with Gasteiger partial charge >= 0.3 is 5.97 Å². The van der Waals surface area contributed by atoms with E-state index in [1.807, 2.05) is 0 Å². The summed E-state index contributed by atoms with van der Waals surface area (Å²) >= 11 is 0. The topological polar surface area (TPSA) is 124 Å². The maximum absolute atomic E-state index is 12.0. The Balaban J connectivity index is 1.91. The van der Waals surface area contributed by atoms with Crippen molar-refractivity contribution in [3.05, 3.63) is 18.2 Å². The summed E-state index contributed by atoms with van der Waals surface area (Å²) in [6, 6.07) is -1.07. The lowest BCUT2D eigenvalue weighted by Gasteiger charge is -2.14. The van der Waals surface area contributed by atoms with Gasteiger partial charge in [0.25, 0.3) is 0 Å². The molecule has 1 atom stereocenters. The Morgan fingerprint density at radius 3 is 1.80 bits per heavy atom. The van der Waals surface area contributed by atoms with Crippen molar-refractivity contribution in [2.45, 2.75) is 129 Å². The summed E-state index contributed by atoms with van der Waals surface area (Å²) in [5.41, 5.74) is 0.616. The van der Waals surface area contributed by atoms with Crippen LogP contribution < -0.4 is 10.6 Å². The number of carboxylic acid groups (broad SMARTS) is 1. The van der Waals surface area contributed by atoms with Gasteiger partial charge in [0, 0.05) is 24.7 Å². The Kier molecular flexibility index (Phi) is 18.3. The van der Waals surface area contributed by atoms with Crippen LogP contribution in [0.4, 0.5) is 0 Å². The number of carbonyl (C=O) groups is 3. The molecule has 1 heterocycles. The zero-order chi connectivity index (χ0) is 25.6. The molecule has 0 fully saturated rings. The fourth-order valence-corrected chi connectivity index (χ4v) is 4.16. The molecule has 1 aromatic rings.